The standard InChI is InChI=1S/C15H14N.2C6H5.C5H5.2CH3.Si.Zr/c1-16(2)14-9-5-7-12-10-11-6-3-4-8-13(11)15(12)14;2*1-2-4-6-5-3-1;1-2-4-5-3-1;;;;/h3-6,8-9H,10H2,1-2H3;2*1-5H;1-3H,4H2;2*1H3;;/q6*-1;;. The summed E-state index contributed by atoms with van der Waals surface area (Å²) in [4.78, 5) is 2.18. The van der Waals surface area contributed by atoms with Gasteiger partial charge < -0.3 is 19.8 Å². The Kier molecular flexibility index (Phi) is 19.8. The second-order valence-corrected chi connectivity index (χ2v) is 7.60. The summed E-state index contributed by atoms with van der Waals surface area (Å²) in [6.45, 7) is 3.06. The number of nitrogens with zero attached hydrogens (tertiary/aromatic N) is 1. The van der Waals surface area contributed by atoms with E-state index in [1.54, 1.807) is 0 Å². The quantitative estimate of drug-likeness (QED) is 0.145. The molecule has 0 N–H and O–H groups in total. The molecule has 0 unspecified atom stereocenters. The van der Waals surface area contributed by atoms with Gasteiger partial charge in [-0.25, -0.2) is 12.2 Å². The normalized spacial score (nSPS) is 10.3. The maximum atomic E-state index is 3.36. The van der Waals surface area contributed by atoms with Gasteiger partial charge in [-0.2, -0.15) is 91.0 Å². The number of fused-ring (bicyclic) bond motifs is 3. The summed E-state index contributed by atoms with van der Waals surface area (Å²) in [5, 5.41) is 0. The smallest absolute Gasteiger partial charge is 0.171 e. The van der Waals surface area contributed by atoms with E-state index in [4.69, 9.17) is 0 Å². The molecular formula is C34H35NSiZr-6. The average Bonchev–Trinajstić information content (AvgIpc) is 3.64. The predicted octanol–water partition coefficient (Wildman–Crippen LogP) is 7.92. The van der Waals surface area contributed by atoms with Gasteiger partial charge in [0, 0.05) is 14.1 Å². The molecule has 190 valence electrons. The Morgan fingerprint density at radius 3 is 1.76 bits per heavy atom. The van der Waals surface area contributed by atoms with E-state index in [-0.39, 0.29) is 14.9 Å². The topological polar surface area (TPSA) is 3.24 Å². The van der Waals surface area contributed by atoms with E-state index in [1.807, 2.05) is 78.9 Å². The number of hydrogen-bond donors (Lipinski definition) is 0. The van der Waals surface area contributed by atoms with Crippen LogP contribution in [0.5, 0.6) is 0 Å². The van der Waals surface area contributed by atoms with Crippen molar-refractivity contribution in [3.63, 3.8) is 0 Å². The number of rotatable bonds is 1. The maximum absolute atomic E-state index is 3.36. The summed E-state index contributed by atoms with van der Waals surface area (Å²) in [7, 11) is 4.19. The van der Waals surface area contributed by atoms with Crippen molar-refractivity contribution < 1.29 is 23.3 Å². The van der Waals surface area contributed by atoms with Gasteiger partial charge in [0.05, 0.1) is 0 Å². The van der Waals surface area contributed by atoms with E-state index < -0.39 is 0 Å². The molecule has 3 heteroatoms. The molecule has 0 aromatic heterocycles. The summed E-state index contributed by atoms with van der Waals surface area (Å²) in [5.74, 6) is 0. The molecule has 0 bridgehead atoms. The summed E-state index contributed by atoms with van der Waals surface area (Å²) in [6, 6.07) is 41.2. The molecule has 1 nitrogen and oxygen atoms in total. The van der Waals surface area contributed by atoms with Crippen molar-refractivity contribution in [1.29, 1.82) is 0 Å². The number of hydrogen-bond acceptors (Lipinski definition) is 1. The molecule has 0 saturated heterocycles. The van der Waals surface area contributed by atoms with Gasteiger partial charge in [0.15, 0.2) is 0 Å². The predicted molar refractivity (Wildman–Crippen MR) is 159 cm³/mol. The van der Waals surface area contributed by atoms with Crippen LogP contribution in [0.2, 0.25) is 0 Å². The summed E-state index contributed by atoms with van der Waals surface area (Å²) in [5.41, 5.74) is 6.77. The second kappa shape index (κ2) is 21.4. The number of allylic oxidation sites excluding steroid dienone is 4. The Balaban J connectivity index is 0.000000514. The van der Waals surface area contributed by atoms with Crippen LogP contribution in [0.25, 0.3) is 11.1 Å². The Morgan fingerprint density at radius 1 is 0.757 bits per heavy atom. The van der Waals surface area contributed by atoms with Gasteiger partial charge in [-0.3, -0.25) is 6.08 Å². The largest absolute Gasteiger partial charge is 0.184 e. The fourth-order valence-electron chi connectivity index (χ4n) is 3.48. The third kappa shape index (κ3) is 12.4. The van der Waals surface area contributed by atoms with Gasteiger partial charge in [-0.15, -0.1) is 23.6 Å². The van der Waals surface area contributed by atoms with E-state index in [9.17, 15) is 0 Å². The van der Waals surface area contributed by atoms with Crippen molar-refractivity contribution in [2.24, 2.45) is 0 Å². The molecule has 37 heavy (non-hydrogen) atoms. The molecule has 0 atom stereocenters. The minimum atomic E-state index is 0. The van der Waals surface area contributed by atoms with Crippen molar-refractivity contribution in [3.8, 4) is 11.1 Å². The zero-order valence-electron chi connectivity index (χ0n) is 22.3. The number of anilines is 1. The van der Waals surface area contributed by atoms with Crippen molar-refractivity contribution in [2.75, 3.05) is 19.0 Å². The third-order valence-electron chi connectivity index (χ3n) is 4.99. The zero-order valence-corrected chi connectivity index (χ0v) is 25.8. The SMILES string of the molecule is CN(C)c1cc[c-]c2c1-c1ccccc1C2.[C-]1=CC=CC1.[CH3-].[CH3-].[Si]=[Zr].[c-]1ccccc1.[c-]1ccccc1. The molecule has 0 fully saturated rings. The Bertz CT molecular complexity index is 1060. The van der Waals surface area contributed by atoms with Gasteiger partial charge in [0.25, 0.3) is 0 Å². The minimum Gasteiger partial charge on any atom is -0.184 e. The molecule has 0 heterocycles. The molecule has 0 amide bonds. The molecule has 2 aliphatic carbocycles. The first kappa shape index (κ1) is 34.3. The number of benzene rings is 4. The van der Waals surface area contributed by atoms with Crippen LogP contribution in [-0.2, 0) is 29.8 Å². The van der Waals surface area contributed by atoms with Crippen LogP contribution in [0.4, 0.5) is 5.69 Å². The molecule has 0 spiro atoms. The van der Waals surface area contributed by atoms with Crippen LogP contribution < -0.4 is 4.90 Å². The fourth-order valence-corrected chi connectivity index (χ4v) is 3.48. The van der Waals surface area contributed by atoms with Gasteiger partial charge in [-0.1, -0.05) is 41.1 Å². The van der Waals surface area contributed by atoms with Crippen molar-refractivity contribution in [2.45, 2.75) is 12.8 Å². The Morgan fingerprint density at radius 2 is 1.35 bits per heavy atom. The average molecular weight is 577 g/mol. The monoisotopic (exact) mass is 575 g/mol. The molecule has 4 aromatic carbocycles. The molecule has 2 radical (unpaired) electrons. The van der Waals surface area contributed by atoms with Crippen LogP contribution >= 0.6 is 0 Å². The maximum Gasteiger partial charge on any atom is -0.171 e. The van der Waals surface area contributed by atoms with Crippen LogP contribution in [-0.4, -0.2) is 21.0 Å². The van der Waals surface area contributed by atoms with Gasteiger partial charge >= 0.3 is 30.2 Å². The van der Waals surface area contributed by atoms with Crippen molar-refractivity contribution >= 4 is 12.6 Å². The van der Waals surface area contributed by atoms with Gasteiger partial charge in [0.2, 0.25) is 0 Å². The third-order valence-corrected chi connectivity index (χ3v) is 4.99. The Labute approximate surface area is 243 Å². The van der Waals surface area contributed by atoms with E-state index in [0.717, 1.165) is 12.8 Å². The molecule has 4 aromatic rings. The van der Waals surface area contributed by atoms with Crippen LogP contribution in [0.15, 0.2) is 115 Å². The first-order valence-corrected chi connectivity index (χ1v) is 15.5. The molecule has 6 rings (SSSR count). The fraction of sp³-hybridized carbons (Fsp3) is 0.118. The second-order valence-electron chi connectivity index (χ2n) is 7.60. The van der Waals surface area contributed by atoms with Crippen LogP contribution in [0, 0.1) is 39.1 Å². The molecule has 0 saturated carbocycles. The van der Waals surface area contributed by atoms with E-state index in [1.165, 1.54) is 51.3 Å². The van der Waals surface area contributed by atoms with Crippen LogP contribution in [0.1, 0.15) is 17.5 Å². The van der Waals surface area contributed by atoms with Crippen LogP contribution in [0.3, 0.4) is 0 Å². The first-order chi connectivity index (χ1) is 17.3. The van der Waals surface area contributed by atoms with E-state index in [0.29, 0.717) is 0 Å². The van der Waals surface area contributed by atoms with Crippen molar-refractivity contribution in [1.82, 2.24) is 0 Å². The Hall–Kier alpha value is -2.74. The van der Waals surface area contributed by atoms with Gasteiger partial charge in [0.1, 0.15) is 0 Å². The first-order valence-electron chi connectivity index (χ1n) is 11.4. The van der Waals surface area contributed by atoms with E-state index >= 15 is 0 Å². The zero-order chi connectivity index (χ0) is 25.1. The van der Waals surface area contributed by atoms with Crippen molar-refractivity contribution in [3.05, 3.63) is 166 Å². The molecule has 2 aliphatic rings. The summed E-state index contributed by atoms with van der Waals surface area (Å²) >= 11 is 1.36. The summed E-state index contributed by atoms with van der Waals surface area (Å²) in [6.07, 6.45) is 11.0. The van der Waals surface area contributed by atoms with E-state index in [2.05, 4.69) is 86.6 Å². The molecular weight excluding hydrogens is 542 g/mol. The molecule has 0 aliphatic heterocycles. The van der Waals surface area contributed by atoms with Gasteiger partial charge in [-0.05, 0) is 6.42 Å². The summed E-state index contributed by atoms with van der Waals surface area (Å²) < 4.78 is 0. The minimum absolute atomic E-state index is 0.